The molecule has 6 nitrogen and oxygen atoms in total. The molecule has 29 heavy (non-hydrogen) atoms. The van der Waals surface area contributed by atoms with Gasteiger partial charge in [-0.15, -0.1) is 0 Å². The molecule has 1 aliphatic rings. The van der Waals surface area contributed by atoms with Gasteiger partial charge in [-0.1, -0.05) is 13.8 Å². The number of carbonyl (C=O) groups is 1. The summed E-state index contributed by atoms with van der Waals surface area (Å²) >= 11 is 0. The summed E-state index contributed by atoms with van der Waals surface area (Å²) < 4.78 is 39.8. The average molecular weight is 409 g/mol. The highest BCUT2D eigenvalue weighted by Crippen LogP contribution is 2.29. The maximum absolute atomic E-state index is 13.0. The molecule has 0 saturated carbocycles. The second kappa shape index (κ2) is 8.52. The van der Waals surface area contributed by atoms with Crippen molar-refractivity contribution in [3.8, 4) is 5.82 Å². The van der Waals surface area contributed by atoms with Crippen LogP contribution < -0.4 is 0 Å². The Kier molecular flexibility index (Phi) is 6.26. The Labute approximate surface area is 168 Å². The number of rotatable bonds is 6. The fraction of sp³-hybridized carbons (Fsp3) is 0.550. The van der Waals surface area contributed by atoms with Crippen LogP contribution in [-0.4, -0.2) is 63.7 Å². The van der Waals surface area contributed by atoms with E-state index in [4.69, 9.17) is 0 Å². The molecule has 3 heterocycles. The third-order valence-electron chi connectivity index (χ3n) is 5.17. The van der Waals surface area contributed by atoms with Crippen LogP contribution in [0.1, 0.15) is 54.2 Å². The third kappa shape index (κ3) is 4.77. The molecule has 1 fully saturated rings. The molecule has 9 heteroatoms. The number of likely N-dealkylation sites (N-methyl/N-ethyl adjacent to an activating group) is 1. The molecule has 0 unspecified atom stereocenters. The summed E-state index contributed by atoms with van der Waals surface area (Å²) in [5.74, 6) is 0.0408. The van der Waals surface area contributed by atoms with Crippen molar-refractivity contribution in [1.82, 2.24) is 24.6 Å². The number of halogens is 3. The van der Waals surface area contributed by atoms with E-state index in [9.17, 15) is 18.0 Å². The van der Waals surface area contributed by atoms with E-state index in [1.807, 2.05) is 13.8 Å². The van der Waals surface area contributed by atoms with Crippen molar-refractivity contribution in [2.75, 3.05) is 33.2 Å². The summed E-state index contributed by atoms with van der Waals surface area (Å²) in [5, 5.41) is 4.26. The first-order valence-electron chi connectivity index (χ1n) is 9.78. The Hall–Kier alpha value is -2.42. The van der Waals surface area contributed by atoms with Crippen molar-refractivity contribution < 1.29 is 18.0 Å². The number of nitrogens with zero attached hydrogens (tertiary/aromatic N) is 5. The van der Waals surface area contributed by atoms with Gasteiger partial charge < -0.3 is 9.80 Å². The normalized spacial score (nSPS) is 15.3. The third-order valence-corrected chi connectivity index (χ3v) is 5.17. The summed E-state index contributed by atoms with van der Waals surface area (Å²) in [7, 11) is 1.76. The largest absolute Gasteiger partial charge is 0.417 e. The molecule has 0 N–H and O–H groups in total. The van der Waals surface area contributed by atoms with Crippen LogP contribution in [0.4, 0.5) is 13.2 Å². The molecular weight excluding hydrogens is 383 g/mol. The second-order valence-corrected chi connectivity index (χ2v) is 7.69. The summed E-state index contributed by atoms with van der Waals surface area (Å²) in [4.78, 5) is 20.9. The van der Waals surface area contributed by atoms with Crippen LogP contribution in [0.2, 0.25) is 0 Å². The van der Waals surface area contributed by atoms with Gasteiger partial charge in [0.25, 0.3) is 5.91 Å². The first-order chi connectivity index (χ1) is 13.7. The zero-order chi connectivity index (χ0) is 21.2. The number of amides is 1. The summed E-state index contributed by atoms with van der Waals surface area (Å²) in [6.07, 6.45) is 0.202. The predicted octanol–water partition coefficient (Wildman–Crippen LogP) is 3.58. The highest BCUT2D eigenvalue weighted by Gasteiger charge is 2.31. The monoisotopic (exact) mass is 409 g/mol. The average Bonchev–Trinajstić information content (AvgIpc) is 3.34. The Bertz CT molecular complexity index is 839. The molecule has 2 aromatic heterocycles. The lowest BCUT2D eigenvalue weighted by atomic mass is 10.0. The minimum atomic E-state index is -4.45. The highest BCUT2D eigenvalue weighted by atomic mass is 19.4. The predicted molar refractivity (Wildman–Crippen MR) is 103 cm³/mol. The number of hydrogen-bond donors (Lipinski definition) is 0. The fourth-order valence-corrected chi connectivity index (χ4v) is 3.54. The summed E-state index contributed by atoms with van der Waals surface area (Å²) in [6, 6.07) is 2.24. The van der Waals surface area contributed by atoms with E-state index >= 15 is 0 Å². The Morgan fingerprint density at radius 1 is 1.21 bits per heavy atom. The van der Waals surface area contributed by atoms with Crippen molar-refractivity contribution >= 4 is 5.91 Å². The van der Waals surface area contributed by atoms with Gasteiger partial charge in [0.15, 0.2) is 5.82 Å². The van der Waals surface area contributed by atoms with Gasteiger partial charge in [-0.05, 0) is 44.0 Å². The number of aromatic nitrogens is 3. The van der Waals surface area contributed by atoms with Crippen molar-refractivity contribution in [3.05, 3.63) is 41.3 Å². The molecule has 0 atom stereocenters. The number of hydrogen-bond acceptors (Lipinski definition) is 4. The van der Waals surface area contributed by atoms with E-state index < -0.39 is 11.7 Å². The van der Waals surface area contributed by atoms with Gasteiger partial charge in [0.2, 0.25) is 0 Å². The molecule has 3 rings (SSSR count). The van der Waals surface area contributed by atoms with Gasteiger partial charge in [-0.25, -0.2) is 9.67 Å². The van der Waals surface area contributed by atoms with E-state index in [0.29, 0.717) is 17.8 Å². The van der Waals surface area contributed by atoms with Gasteiger partial charge in [0.1, 0.15) is 0 Å². The van der Waals surface area contributed by atoms with E-state index in [1.165, 1.54) is 29.8 Å². The molecule has 1 saturated heterocycles. The van der Waals surface area contributed by atoms with Crippen molar-refractivity contribution in [2.45, 2.75) is 38.8 Å². The Balaban J connectivity index is 1.81. The Morgan fingerprint density at radius 3 is 2.45 bits per heavy atom. The minimum Gasteiger partial charge on any atom is -0.340 e. The van der Waals surface area contributed by atoms with Gasteiger partial charge in [0.05, 0.1) is 23.0 Å². The second-order valence-electron chi connectivity index (χ2n) is 7.69. The van der Waals surface area contributed by atoms with Crippen LogP contribution in [-0.2, 0) is 6.18 Å². The molecule has 158 valence electrons. The van der Waals surface area contributed by atoms with E-state index in [-0.39, 0.29) is 17.6 Å². The number of pyridine rings is 1. The molecular formula is C20H26F3N5O. The number of carbonyl (C=O) groups excluding carboxylic acids is 1. The summed E-state index contributed by atoms with van der Waals surface area (Å²) in [6.45, 7) is 7.40. The van der Waals surface area contributed by atoms with Crippen molar-refractivity contribution in [2.24, 2.45) is 0 Å². The Morgan fingerprint density at radius 2 is 1.90 bits per heavy atom. The van der Waals surface area contributed by atoms with Gasteiger partial charge in [-0.3, -0.25) is 4.79 Å². The zero-order valence-corrected chi connectivity index (χ0v) is 16.9. The van der Waals surface area contributed by atoms with Crippen LogP contribution in [0.25, 0.3) is 5.82 Å². The quantitative estimate of drug-likeness (QED) is 0.732. The van der Waals surface area contributed by atoms with Crippen LogP contribution in [0, 0.1) is 0 Å². The molecule has 1 amide bonds. The summed E-state index contributed by atoms with van der Waals surface area (Å²) in [5.41, 5.74) is 0.262. The van der Waals surface area contributed by atoms with Crippen molar-refractivity contribution in [1.29, 1.82) is 0 Å². The zero-order valence-electron chi connectivity index (χ0n) is 16.9. The molecule has 0 spiro atoms. The molecule has 0 aromatic carbocycles. The van der Waals surface area contributed by atoms with Crippen LogP contribution in [0.15, 0.2) is 24.5 Å². The molecule has 0 aliphatic carbocycles. The smallest absolute Gasteiger partial charge is 0.340 e. The standard InChI is InChI=1S/C20H26F3N5O/c1-14(2)18-16(19(29)26(3)10-11-27-8-4-5-9-27)13-25-28(18)17-7-6-15(12-24-17)20(21,22)23/h6-7,12-14H,4-5,8-11H2,1-3H3. The lowest BCUT2D eigenvalue weighted by Gasteiger charge is -2.22. The van der Waals surface area contributed by atoms with Crippen molar-refractivity contribution in [3.63, 3.8) is 0 Å². The van der Waals surface area contributed by atoms with Gasteiger partial charge in [0, 0.05) is 26.3 Å². The first kappa shape index (κ1) is 21.3. The van der Waals surface area contributed by atoms with Gasteiger partial charge in [-0.2, -0.15) is 18.3 Å². The molecule has 0 radical (unpaired) electrons. The topological polar surface area (TPSA) is 54.3 Å². The SMILES string of the molecule is CC(C)c1c(C(=O)N(C)CCN2CCCC2)cnn1-c1ccc(C(F)(F)F)cn1. The molecule has 0 bridgehead atoms. The maximum Gasteiger partial charge on any atom is 0.417 e. The van der Waals surface area contributed by atoms with Crippen LogP contribution in [0.5, 0.6) is 0 Å². The van der Waals surface area contributed by atoms with E-state index in [0.717, 1.165) is 31.9 Å². The van der Waals surface area contributed by atoms with Crippen LogP contribution >= 0.6 is 0 Å². The van der Waals surface area contributed by atoms with Gasteiger partial charge >= 0.3 is 6.18 Å². The molecule has 1 aliphatic heterocycles. The lowest BCUT2D eigenvalue weighted by molar-refractivity contribution is -0.137. The lowest BCUT2D eigenvalue weighted by Crippen LogP contribution is -2.35. The fourth-order valence-electron chi connectivity index (χ4n) is 3.54. The maximum atomic E-state index is 13.0. The molecule has 2 aromatic rings. The highest BCUT2D eigenvalue weighted by molar-refractivity contribution is 5.95. The first-order valence-corrected chi connectivity index (χ1v) is 9.78. The minimum absolute atomic E-state index is 0.0625. The number of alkyl halides is 3. The number of likely N-dealkylation sites (tertiary alicyclic amines) is 1. The van der Waals surface area contributed by atoms with Crippen LogP contribution in [0.3, 0.4) is 0 Å². The van der Waals surface area contributed by atoms with E-state index in [2.05, 4.69) is 15.0 Å². The van der Waals surface area contributed by atoms with E-state index in [1.54, 1.807) is 11.9 Å².